The molecular formula is C18H21N3O3. The van der Waals surface area contributed by atoms with Crippen molar-refractivity contribution in [1.82, 2.24) is 10.3 Å². The number of carbonyl (C=O) groups excluding carboxylic acids is 1. The van der Waals surface area contributed by atoms with Gasteiger partial charge in [0.25, 0.3) is 0 Å². The fraction of sp³-hybridized carbons (Fsp3) is 0.500. The molecule has 5 unspecified atom stereocenters. The molecule has 24 heavy (non-hydrogen) atoms. The lowest BCUT2D eigenvalue weighted by atomic mass is 9.82. The van der Waals surface area contributed by atoms with E-state index in [2.05, 4.69) is 15.2 Å². The lowest BCUT2D eigenvalue weighted by Gasteiger charge is -2.25. The van der Waals surface area contributed by atoms with Crippen LogP contribution in [-0.2, 0) is 9.59 Å². The fourth-order valence-corrected chi connectivity index (χ4v) is 4.44. The molecule has 1 aromatic heterocycles. The van der Waals surface area contributed by atoms with Crippen molar-refractivity contribution in [2.75, 3.05) is 18.0 Å². The quantitative estimate of drug-likeness (QED) is 0.815. The minimum Gasteiger partial charge on any atom is -0.481 e. The van der Waals surface area contributed by atoms with Gasteiger partial charge >= 0.3 is 5.97 Å². The van der Waals surface area contributed by atoms with Crippen molar-refractivity contribution < 1.29 is 14.7 Å². The Morgan fingerprint density at radius 3 is 2.71 bits per heavy atom. The molecule has 2 aliphatic carbocycles. The molecule has 6 nitrogen and oxygen atoms in total. The standard InChI is InChI=1S/C18H21N3O3/c22-17(15-11-4-5-12(9-11)16(15)18(23)24)20-13-6-8-21(10-13)14-3-1-2-7-19-14/h1-5,7,11-13,15-16H,6,8-10H2,(H,20,22)(H,23,24). The molecule has 0 spiro atoms. The molecule has 1 aliphatic heterocycles. The van der Waals surface area contributed by atoms with Gasteiger partial charge in [-0.1, -0.05) is 18.2 Å². The second kappa shape index (κ2) is 5.92. The van der Waals surface area contributed by atoms with Crippen LogP contribution in [0.1, 0.15) is 12.8 Å². The van der Waals surface area contributed by atoms with Gasteiger partial charge in [0.2, 0.25) is 5.91 Å². The summed E-state index contributed by atoms with van der Waals surface area (Å²) in [6, 6.07) is 5.85. The second-order valence-electron chi connectivity index (χ2n) is 6.97. The number of carboxylic acid groups (broad SMARTS) is 1. The Kier molecular flexibility index (Phi) is 3.75. The SMILES string of the molecule is O=C(O)C1C2C=CC(C2)C1C(=O)NC1CCN(c2ccccn2)C1. The summed E-state index contributed by atoms with van der Waals surface area (Å²) in [7, 11) is 0. The zero-order valence-corrected chi connectivity index (χ0v) is 13.3. The monoisotopic (exact) mass is 327 g/mol. The summed E-state index contributed by atoms with van der Waals surface area (Å²) in [5.74, 6) is -0.961. The van der Waals surface area contributed by atoms with Crippen LogP contribution in [0.5, 0.6) is 0 Å². The molecule has 2 bridgehead atoms. The van der Waals surface area contributed by atoms with E-state index in [0.29, 0.717) is 0 Å². The van der Waals surface area contributed by atoms with E-state index in [-0.39, 0.29) is 23.8 Å². The van der Waals surface area contributed by atoms with E-state index in [1.54, 1.807) is 6.20 Å². The number of aliphatic carboxylic acids is 1. The van der Waals surface area contributed by atoms with Gasteiger partial charge in [-0.25, -0.2) is 4.98 Å². The Morgan fingerprint density at radius 1 is 1.21 bits per heavy atom. The average molecular weight is 327 g/mol. The lowest BCUT2D eigenvalue weighted by Crippen LogP contribution is -2.45. The molecular weight excluding hydrogens is 306 g/mol. The van der Waals surface area contributed by atoms with Crippen molar-refractivity contribution in [3.8, 4) is 0 Å². The smallest absolute Gasteiger partial charge is 0.307 e. The summed E-state index contributed by atoms with van der Waals surface area (Å²) < 4.78 is 0. The van der Waals surface area contributed by atoms with Crippen molar-refractivity contribution in [2.24, 2.45) is 23.7 Å². The molecule has 3 aliphatic rings. The molecule has 4 rings (SSSR count). The average Bonchev–Trinajstić information content (AvgIpc) is 3.30. The molecule has 1 saturated carbocycles. The first-order chi connectivity index (χ1) is 11.6. The van der Waals surface area contributed by atoms with Crippen molar-refractivity contribution in [2.45, 2.75) is 18.9 Å². The van der Waals surface area contributed by atoms with Gasteiger partial charge in [0.15, 0.2) is 0 Å². The highest BCUT2D eigenvalue weighted by molar-refractivity contribution is 5.87. The molecule has 2 fully saturated rings. The van der Waals surface area contributed by atoms with E-state index < -0.39 is 17.8 Å². The van der Waals surface area contributed by atoms with Gasteiger partial charge < -0.3 is 15.3 Å². The highest BCUT2D eigenvalue weighted by Gasteiger charge is 2.51. The van der Waals surface area contributed by atoms with Crippen molar-refractivity contribution in [3.63, 3.8) is 0 Å². The fourth-order valence-electron chi connectivity index (χ4n) is 4.44. The van der Waals surface area contributed by atoms with Gasteiger partial charge in [0.05, 0.1) is 11.8 Å². The third-order valence-electron chi connectivity index (χ3n) is 5.56. The van der Waals surface area contributed by atoms with Gasteiger partial charge in [-0.15, -0.1) is 0 Å². The van der Waals surface area contributed by atoms with Crippen LogP contribution >= 0.6 is 0 Å². The maximum absolute atomic E-state index is 12.7. The molecule has 5 atom stereocenters. The Labute approximate surface area is 140 Å². The molecule has 6 heteroatoms. The van der Waals surface area contributed by atoms with Crippen LogP contribution < -0.4 is 10.2 Å². The van der Waals surface area contributed by atoms with E-state index in [1.807, 2.05) is 30.4 Å². The molecule has 1 amide bonds. The first kappa shape index (κ1) is 15.2. The maximum Gasteiger partial charge on any atom is 0.307 e. The molecule has 0 aromatic carbocycles. The summed E-state index contributed by atoms with van der Waals surface area (Å²) in [4.78, 5) is 30.8. The first-order valence-corrected chi connectivity index (χ1v) is 8.51. The number of rotatable bonds is 4. The van der Waals surface area contributed by atoms with Crippen LogP contribution in [0.25, 0.3) is 0 Å². The third kappa shape index (κ3) is 2.56. The van der Waals surface area contributed by atoms with Gasteiger partial charge in [-0.05, 0) is 36.8 Å². The molecule has 2 N–H and O–H groups in total. The number of fused-ring (bicyclic) bond motifs is 2. The molecule has 1 saturated heterocycles. The Morgan fingerprint density at radius 2 is 2.00 bits per heavy atom. The summed E-state index contributed by atoms with van der Waals surface area (Å²) >= 11 is 0. The van der Waals surface area contributed by atoms with Crippen LogP contribution in [0.15, 0.2) is 36.5 Å². The number of carboxylic acids is 1. The number of amides is 1. The van der Waals surface area contributed by atoms with E-state index in [4.69, 9.17) is 0 Å². The molecule has 0 radical (unpaired) electrons. The zero-order valence-electron chi connectivity index (χ0n) is 13.3. The number of allylic oxidation sites excluding steroid dienone is 2. The van der Waals surface area contributed by atoms with E-state index in [9.17, 15) is 14.7 Å². The van der Waals surface area contributed by atoms with Crippen LogP contribution in [0.4, 0.5) is 5.82 Å². The van der Waals surface area contributed by atoms with Crippen LogP contribution in [0.2, 0.25) is 0 Å². The van der Waals surface area contributed by atoms with Crippen molar-refractivity contribution >= 4 is 17.7 Å². The number of nitrogens with one attached hydrogen (secondary N) is 1. The van der Waals surface area contributed by atoms with Crippen LogP contribution in [0.3, 0.4) is 0 Å². The first-order valence-electron chi connectivity index (χ1n) is 8.51. The maximum atomic E-state index is 12.7. The normalized spacial score (nSPS) is 33.8. The number of hydrogen-bond acceptors (Lipinski definition) is 4. The number of anilines is 1. The lowest BCUT2D eigenvalue weighted by molar-refractivity contribution is -0.148. The molecule has 126 valence electrons. The Balaban J connectivity index is 1.40. The van der Waals surface area contributed by atoms with Gasteiger partial charge in [-0.2, -0.15) is 0 Å². The van der Waals surface area contributed by atoms with E-state index in [0.717, 1.165) is 31.7 Å². The zero-order chi connectivity index (χ0) is 16.7. The van der Waals surface area contributed by atoms with Crippen molar-refractivity contribution in [3.05, 3.63) is 36.5 Å². The Hall–Kier alpha value is -2.37. The number of hydrogen-bond donors (Lipinski definition) is 2. The molecule has 2 heterocycles. The van der Waals surface area contributed by atoms with E-state index >= 15 is 0 Å². The third-order valence-corrected chi connectivity index (χ3v) is 5.56. The summed E-state index contributed by atoms with van der Waals surface area (Å²) in [5, 5.41) is 12.6. The van der Waals surface area contributed by atoms with Gasteiger partial charge in [-0.3, -0.25) is 9.59 Å². The van der Waals surface area contributed by atoms with Gasteiger partial charge in [0.1, 0.15) is 5.82 Å². The van der Waals surface area contributed by atoms with E-state index in [1.165, 1.54) is 0 Å². The topological polar surface area (TPSA) is 82.5 Å². The predicted molar refractivity (Wildman–Crippen MR) is 88.4 cm³/mol. The molecule has 1 aromatic rings. The predicted octanol–water partition coefficient (Wildman–Crippen LogP) is 1.30. The minimum atomic E-state index is -0.853. The summed E-state index contributed by atoms with van der Waals surface area (Å²) in [6.45, 7) is 1.57. The number of nitrogens with zero attached hydrogens (tertiary/aromatic N) is 2. The highest BCUT2D eigenvalue weighted by Crippen LogP contribution is 2.48. The summed E-state index contributed by atoms with van der Waals surface area (Å²) in [5.41, 5.74) is 0. The largest absolute Gasteiger partial charge is 0.481 e. The highest BCUT2D eigenvalue weighted by atomic mass is 16.4. The Bertz CT molecular complexity index is 675. The van der Waals surface area contributed by atoms with Crippen LogP contribution in [0, 0.1) is 23.7 Å². The second-order valence-corrected chi connectivity index (χ2v) is 6.97. The van der Waals surface area contributed by atoms with Crippen molar-refractivity contribution in [1.29, 1.82) is 0 Å². The number of aromatic nitrogens is 1. The number of pyridine rings is 1. The summed E-state index contributed by atoms with van der Waals surface area (Å²) in [6.07, 6.45) is 7.39. The minimum absolute atomic E-state index is 0.0110. The van der Waals surface area contributed by atoms with Gasteiger partial charge in [0, 0.05) is 25.3 Å². The number of carbonyl (C=O) groups is 2. The van der Waals surface area contributed by atoms with Crippen LogP contribution in [-0.4, -0.2) is 41.1 Å².